The second-order valence-corrected chi connectivity index (χ2v) is 13.6. The minimum atomic E-state index is -0.233. The molecule has 0 aliphatic rings. The van der Waals surface area contributed by atoms with Gasteiger partial charge in [0.05, 0.1) is 6.61 Å². The first kappa shape index (κ1) is 47.3. The highest BCUT2D eigenvalue weighted by atomic mass is 16.5. The molecule has 0 amide bonds. The molecule has 0 saturated heterocycles. The topological polar surface area (TPSA) is 52.6 Å². The molecule has 0 aromatic rings. The predicted octanol–water partition coefficient (Wildman–Crippen LogP) is 12.9. The minimum absolute atomic E-state index is 0. The Hall–Kier alpha value is -2.10. The van der Waals surface area contributed by atoms with E-state index >= 15 is 0 Å². The second-order valence-electron chi connectivity index (χ2n) is 13.6. The molecule has 0 bridgehead atoms. The standard InChI is InChI=1S/C20H40O2.C20H32O2.CH4/c2*1-17(2)11-9-13-19(4)15-10-14-18(3)12-7-6-8-16-22-20(5)21;/h17-19H,6-16H2,1-5H3;6,8,11-12,15H,7,9-10,13-14,16H2,1-5H3;1H4/b;8-6+,18-12?,19-15+;. The summed E-state index contributed by atoms with van der Waals surface area (Å²) in [5, 5.41) is 0. The maximum Gasteiger partial charge on any atom is 0.302 e. The summed E-state index contributed by atoms with van der Waals surface area (Å²) in [5.74, 6) is 2.21. The first-order chi connectivity index (χ1) is 20.8. The number of ether oxygens (including phenoxy) is 2. The van der Waals surface area contributed by atoms with Crippen molar-refractivity contribution >= 4 is 11.9 Å². The van der Waals surface area contributed by atoms with Gasteiger partial charge in [-0.3, -0.25) is 9.59 Å². The van der Waals surface area contributed by atoms with Gasteiger partial charge in [0.25, 0.3) is 0 Å². The van der Waals surface area contributed by atoms with Crippen LogP contribution in [0.1, 0.15) is 173 Å². The third kappa shape index (κ3) is 41.9. The Balaban J connectivity index is -0.000000767. The van der Waals surface area contributed by atoms with Crippen LogP contribution in [0.25, 0.3) is 0 Å². The highest BCUT2D eigenvalue weighted by molar-refractivity contribution is 5.66. The van der Waals surface area contributed by atoms with Gasteiger partial charge in [-0.05, 0) is 84.0 Å². The van der Waals surface area contributed by atoms with Gasteiger partial charge in [-0.15, -0.1) is 0 Å². The zero-order valence-corrected chi connectivity index (χ0v) is 30.8. The number of unbranched alkanes of at least 4 members (excludes halogenated alkanes) is 2. The average molecular weight is 633 g/mol. The Morgan fingerprint density at radius 1 is 0.578 bits per heavy atom. The van der Waals surface area contributed by atoms with E-state index in [1.54, 1.807) is 0 Å². The zero-order chi connectivity index (χ0) is 33.6. The smallest absolute Gasteiger partial charge is 0.302 e. The number of carbonyl (C=O) groups excluding carboxylic acids is 2. The van der Waals surface area contributed by atoms with E-state index in [9.17, 15) is 9.59 Å². The summed E-state index contributed by atoms with van der Waals surface area (Å²) in [6, 6.07) is 0. The van der Waals surface area contributed by atoms with Crippen molar-refractivity contribution in [1.29, 1.82) is 0 Å². The molecule has 0 radical (unpaired) electrons. The van der Waals surface area contributed by atoms with Gasteiger partial charge in [-0.1, -0.05) is 140 Å². The Bertz CT molecular complexity index is 826. The second kappa shape index (κ2) is 33.3. The largest absolute Gasteiger partial charge is 0.466 e. The molecule has 2 unspecified atom stereocenters. The molecular weight excluding hydrogens is 556 g/mol. The van der Waals surface area contributed by atoms with E-state index in [1.807, 2.05) is 12.2 Å². The van der Waals surface area contributed by atoms with E-state index in [4.69, 9.17) is 9.47 Å². The molecule has 264 valence electrons. The molecule has 4 heteroatoms. The Morgan fingerprint density at radius 2 is 1.09 bits per heavy atom. The average Bonchev–Trinajstić information content (AvgIpc) is 2.92. The van der Waals surface area contributed by atoms with Crippen LogP contribution in [0.4, 0.5) is 0 Å². The lowest BCUT2D eigenvalue weighted by atomic mass is 9.92. The van der Waals surface area contributed by atoms with E-state index in [1.165, 1.54) is 88.4 Å². The molecule has 2 atom stereocenters. The lowest BCUT2D eigenvalue weighted by molar-refractivity contribution is -0.141. The molecule has 0 aliphatic heterocycles. The Labute approximate surface area is 281 Å². The van der Waals surface area contributed by atoms with Gasteiger partial charge in [0, 0.05) is 13.8 Å². The van der Waals surface area contributed by atoms with Crippen molar-refractivity contribution in [2.45, 2.75) is 173 Å². The number of hydrogen-bond donors (Lipinski definition) is 0. The SMILES string of the molecule is C.CC(=O)OC/C=C/CC=C(C)CC/C=C(\C)CCC=C(C)C.CC(=O)OCCCCCC(C)CCCC(C)CCCC(C)C. The van der Waals surface area contributed by atoms with E-state index in [-0.39, 0.29) is 19.4 Å². The van der Waals surface area contributed by atoms with Crippen molar-refractivity contribution in [3.63, 3.8) is 0 Å². The molecule has 4 nitrogen and oxygen atoms in total. The molecule has 0 N–H and O–H groups in total. The summed E-state index contributed by atoms with van der Waals surface area (Å²) in [4.78, 5) is 21.2. The van der Waals surface area contributed by atoms with E-state index < -0.39 is 0 Å². The van der Waals surface area contributed by atoms with Crippen molar-refractivity contribution in [1.82, 2.24) is 0 Å². The molecule has 0 fully saturated rings. The van der Waals surface area contributed by atoms with Crippen LogP contribution in [-0.4, -0.2) is 25.2 Å². The summed E-state index contributed by atoms with van der Waals surface area (Å²) in [6.07, 6.45) is 29.4. The zero-order valence-electron chi connectivity index (χ0n) is 30.8. The van der Waals surface area contributed by atoms with Crippen LogP contribution >= 0.6 is 0 Å². The van der Waals surface area contributed by atoms with E-state index in [0.29, 0.717) is 13.2 Å². The number of hydrogen-bond acceptors (Lipinski definition) is 4. The van der Waals surface area contributed by atoms with Gasteiger partial charge in [0.2, 0.25) is 0 Å². The van der Waals surface area contributed by atoms with Crippen LogP contribution in [0.2, 0.25) is 0 Å². The highest BCUT2D eigenvalue weighted by Gasteiger charge is 2.06. The Morgan fingerprint density at radius 3 is 1.62 bits per heavy atom. The maximum absolute atomic E-state index is 10.6. The number of esters is 2. The fraction of sp³-hybridized carbons (Fsp3) is 0.756. The van der Waals surface area contributed by atoms with Crippen LogP contribution in [0, 0.1) is 17.8 Å². The van der Waals surface area contributed by atoms with Gasteiger partial charge in [-0.25, -0.2) is 0 Å². The van der Waals surface area contributed by atoms with Crippen molar-refractivity contribution in [2.75, 3.05) is 13.2 Å². The molecule has 0 aromatic carbocycles. The van der Waals surface area contributed by atoms with Crippen LogP contribution in [0.15, 0.2) is 47.1 Å². The molecule has 0 spiro atoms. The van der Waals surface area contributed by atoms with Gasteiger partial charge >= 0.3 is 11.9 Å². The van der Waals surface area contributed by atoms with Crippen molar-refractivity contribution < 1.29 is 19.1 Å². The van der Waals surface area contributed by atoms with Crippen molar-refractivity contribution in [3.8, 4) is 0 Å². The first-order valence-corrected chi connectivity index (χ1v) is 17.7. The number of carbonyl (C=O) groups is 2. The summed E-state index contributed by atoms with van der Waals surface area (Å²) in [6.45, 7) is 22.0. The van der Waals surface area contributed by atoms with E-state index in [0.717, 1.165) is 56.3 Å². The Kier molecular flexibility index (Phi) is 35.0. The summed E-state index contributed by atoms with van der Waals surface area (Å²) in [7, 11) is 0. The molecule has 0 heterocycles. The fourth-order valence-corrected chi connectivity index (χ4v) is 4.90. The number of rotatable bonds is 24. The summed E-state index contributed by atoms with van der Waals surface area (Å²) < 4.78 is 9.78. The lowest BCUT2D eigenvalue weighted by Crippen LogP contribution is -2.02. The summed E-state index contributed by atoms with van der Waals surface area (Å²) in [5.41, 5.74) is 4.28. The molecule has 0 aromatic heterocycles. The van der Waals surface area contributed by atoms with Crippen LogP contribution in [0.3, 0.4) is 0 Å². The quantitative estimate of drug-likeness (QED) is 0.0603. The van der Waals surface area contributed by atoms with E-state index in [2.05, 4.69) is 73.6 Å². The third-order valence-electron chi connectivity index (χ3n) is 7.79. The summed E-state index contributed by atoms with van der Waals surface area (Å²) >= 11 is 0. The highest BCUT2D eigenvalue weighted by Crippen LogP contribution is 2.21. The van der Waals surface area contributed by atoms with Gasteiger partial charge in [0.15, 0.2) is 0 Å². The monoisotopic (exact) mass is 633 g/mol. The first-order valence-electron chi connectivity index (χ1n) is 17.7. The van der Waals surface area contributed by atoms with Gasteiger partial charge in [0.1, 0.15) is 6.61 Å². The van der Waals surface area contributed by atoms with Crippen molar-refractivity contribution in [2.24, 2.45) is 17.8 Å². The predicted molar refractivity (Wildman–Crippen MR) is 199 cm³/mol. The molecule has 0 saturated carbocycles. The normalized spacial score (nSPS) is 13.0. The van der Waals surface area contributed by atoms with Gasteiger partial charge in [-0.2, -0.15) is 0 Å². The van der Waals surface area contributed by atoms with Crippen molar-refractivity contribution in [3.05, 3.63) is 47.1 Å². The molecule has 45 heavy (non-hydrogen) atoms. The van der Waals surface area contributed by atoms with Crippen LogP contribution in [-0.2, 0) is 19.1 Å². The fourth-order valence-electron chi connectivity index (χ4n) is 4.90. The number of allylic oxidation sites excluding steroid dienone is 7. The molecule has 0 rings (SSSR count). The lowest BCUT2D eigenvalue weighted by Gasteiger charge is -2.15. The minimum Gasteiger partial charge on any atom is -0.466 e. The third-order valence-corrected chi connectivity index (χ3v) is 7.79. The molecule has 0 aliphatic carbocycles. The van der Waals surface area contributed by atoms with Crippen LogP contribution < -0.4 is 0 Å². The maximum atomic E-state index is 10.6. The van der Waals surface area contributed by atoms with Gasteiger partial charge < -0.3 is 9.47 Å². The van der Waals surface area contributed by atoms with Crippen LogP contribution in [0.5, 0.6) is 0 Å². The molecular formula is C41H76O4.